The van der Waals surface area contributed by atoms with E-state index in [0.717, 1.165) is 39.0 Å². The molecule has 0 aromatic heterocycles. The van der Waals surface area contributed by atoms with E-state index >= 15 is 0 Å². The van der Waals surface area contributed by atoms with E-state index in [9.17, 15) is 4.79 Å². The summed E-state index contributed by atoms with van der Waals surface area (Å²) in [6.07, 6.45) is 2.52. The van der Waals surface area contributed by atoms with Crippen molar-refractivity contribution in [2.45, 2.75) is 32.2 Å². The van der Waals surface area contributed by atoms with Gasteiger partial charge >= 0.3 is 0 Å². The number of aryl methyl sites for hydroxylation is 2. The van der Waals surface area contributed by atoms with Crippen LogP contribution in [0.4, 0.5) is 0 Å². The predicted molar refractivity (Wildman–Crippen MR) is 127 cm³/mol. The molecule has 1 saturated heterocycles. The fourth-order valence-electron chi connectivity index (χ4n) is 4.47. The van der Waals surface area contributed by atoms with Crippen LogP contribution >= 0.6 is 0 Å². The fourth-order valence-corrected chi connectivity index (χ4v) is 4.47. The van der Waals surface area contributed by atoms with E-state index in [4.69, 9.17) is 0 Å². The van der Waals surface area contributed by atoms with Crippen molar-refractivity contribution in [1.82, 2.24) is 9.80 Å². The van der Waals surface area contributed by atoms with Gasteiger partial charge in [0, 0.05) is 32.6 Å². The summed E-state index contributed by atoms with van der Waals surface area (Å²) in [6.45, 7) is 5.52. The van der Waals surface area contributed by atoms with Gasteiger partial charge in [-0.25, -0.2) is 0 Å². The van der Waals surface area contributed by atoms with Gasteiger partial charge in [-0.1, -0.05) is 90.5 Å². The third kappa shape index (κ3) is 5.62. The fraction of sp³-hybridized carbons (Fsp3) is 0.321. The van der Waals surface area contributed by atoms with Gasteiger partial charge in [0.1, 0.15) is 0 Å². The maximum atomic E-state index is 12.8. The molecule has 31 heavy (non-hydrogen) atoms. The van der Waals surface area contributed by atoms with Crippen molar-refractivity contribution in [2.24, 2.45) is 0 Å². The van der Waals surface area contributed by atoms with E-state index in [0.29, 0.717) is 12.3 Å². The van der Waals surface area contributed by atoms with Gasteiger partial charge in [0.2, 0.25) is 5.91 Å². The molecule has 0 unspecified atom stereocenters. The highest BCUT2D eigenvalue weighted by Gasteiger charge is 2.27. The van der Waals surface area contributed by atoms with Crippen molar-refractivity contribution in [3.8, 4) is 0 Å². The van der Waals surface area contributed by atoms with E-state index in [2.05, 4.69) is 102 Å². The Hall–Kier alpha value is -2.91. The lowest BCUT2D eigenvalue weighted by Gasteiger charge is -2.40. The van der Waals surface area contributed by atoms with Crippen molar-refractivity contribution >= 4 is 5.91 Å². The Morgan fingerprint density at radius 2 is 1.32 bits per heavy atom. The van der Waals surface area contributed by atoms with E-state index < -0.39 is 0 Å². The monoisotopic (exact) mass is 412 g/mol. The van der Waals surface area contributed by atoms with Crippen LogP contribution in [-0.2, 0) is 11.2 Å². The Labute approximate surface area is 186 Å². The summed E-state index contributed by atoms with van der Waals surface area (Å²) in [5.74, 6) is 0.294. The van der Waals surface area contributed by atoms with Gasteiger partial charge in [0.15, 0.2) is 0 Å². The number of hydrogen-bond donors (Lipinski definition) is 0. The highest BCUT2D eigenvalue weighted by Crippen LogP contribution is 2.29. The molecular formula is C28H32N2O. The van der Waals surface area contributed by atoms with Gasteiger partial charge in [0.25, 0.3) is 0 Å². The minimum atomic E-state index is 0.237. The number of nitrogens with zero attached hydrogens (tertiary/aromatic N) is 2. The number of amides is 1. The second-order valence-corrected chi connectivity index (χ2v) is 8.48. The van der Waals surface area contributed by atoms with Crippen LogP contribution in [0.2, 0.25) is 0 Å². The molecule has 3 aromatic rings. The molecular weight excluding hydrogens is 380 g/mol. The summed E-state index contributed by atoms with van der Waals surface area (Å²) in [4.78, 5) is 17.3. The molecule has 0 spiro atoms. The zero-order valence-corrected chi connectivity index (χ0v) is 18.4. The largest absolute Gasteiger partial charge is 0.340 e. The lowest BCUT2D eigenvalue weighted by molar-refractivity contribution is -0.133. The Balaban J connectivity index is 1.33. The molecule has 0 N–H and O–H groups in total. The van der Waals surface area contributed by atoms with E-state index in [1.54, 1.807) is 0 Å². The molecule has 1 aliphatic rings. The maximum absolute atomic E-state index is 12.8. The molecule has 3 aromatic carbocycles. The summed E-state index contributed by atoms with van der Waals surface area (Å²) < 4.78 is 0. The van der Waals surface area contributed by atoms with Crippen LogP contribution in [0.25, 0.3) is 0 Å². The summed E-state index contributed by atoms with van der Waals surface area (Å²) in [5.41, 5.74) is 5.22. The third-order valence-electron chi connectivity index (χ3n) is 6.24. The van der Waals surface area contributed by atoms with Gasteiger partial charge in [-0.15, -0.1) is 0 Å². The Kier molecular flexibility index (Phi) is 7.16. The molecule has 1 heterocycles. The van der Waals surface area contributed by atoms with Crippen molar-refractivity contribution in [1.29, 1.82) is 0 Å². The molecule has 0 aliphatic carbocycles. The summed E-state index contributed by atoms with van der Waals surface area (Å²) in [7, 11) is 0. The van der Waals surface area contributed by atoms with Crippen LogP contribution in [-0.4, -0.2) is 41.9 Å². The quantitative estimate of drug-likeness (QED) is 0.529. The molecule has 1 aliphatic heterocycles. The third-order valence-corrected chi connectivity index (χ3v) is 6.24. The normalized spacial score (nSPS) is 14.7. The van der Waals surface area contributed by atoms with Gasteiger partial charge in [-0.05, 0) is 36.5 Å². The Morgan fingerprint density at radius 3 is 1.87 bits per heavy atom. The van der Waals surface area contributed by atoms with E-state index in [1.165, 1.54) is 22.3 Å². The lowest BCUT2D eigenvalue weighted by Crippen LogP contribution is -2.49. The lowest BCUT2D eigenvalue weighted by atomic mass is 9.96. The first-order valence-corrected chi connectivity index (χ1v) is 11.4. The van der Waals surface area contributed by atoms with Crippen LogP contribution < -0.4 is 0 Å². The number of rotatable bonds is 7. The number of benzene rings is 3. The van der Waals surface area contributed by atoms with Crippen molar-refractivity contribution in [3.63, 3.8) is 0 Å². The second-order valence-electron chi connectivity index (χ2n) is 8.48. The smallest absolute Gasteiger partial charge is 0.222 e. The molecule has 0 radical (unpaired) electrons. The first kappa shape index (κ1) is 21.3. The van der Waals surface area contributed by atoms with Gasteiger partial charge in [0.05, 0.1) is 6.04 Å². The zero-order chi connectivity index (χ0) is 21.5. The SMILES string of the molecule is Cc1ccc(CCCC(=O)N2CCN(C(c3ccccc3)c3ccccc3)CC2)cc1. The molecule has 1 fully saturated rings. The number of piperazine rings is 1. The minimum absolute atomic E-state index is 0.237. The van der Waals surface area contributed by atoms with E-state index in [-0.39, 0.29) is 6.04 Å². The first-order valence-electron chi connectivity index (χ1n) is 11.4. The molecule has 0 bridgehead atoms. The number of hydrogen-bond acceptors (Lipinski definition) is 2. The van der Waals surface area contributed by atoms with Gasteiger partial charge < -0.3 is 4.90 Å². The van der Waals surface area contributed by atoms with Gasteiger partial charge in [-0.3, -0.25) is 9.69 Å². The minimum Gasteiger partial charge on any atom is -0.340 e. The van der Waals surface area contributed by atoms with Crippen LogP contribution in [0.3, 0.4) is 0 Å². The molecule has 0 atom stereocenters. The average Bonchev–Trinajstić information content (AvgIpc) is 2.82. The van der Waals surface area contributed by atoms with E-state index in [1.807, 2.05) is 0 Å². The van der Waals surface area contributed by atoms with Crippen molar-refractivity contribution in [2.75, 3.05) is 26.2 Å². The Morgan fingerprint density at radius 1 is 0.774 bits per heavy atom. The van der Waals surface area contributed by atoms with Gasteiger partial charge in [-0.2, -0.15) is 0 Å². The number of carbonyl (C=O) groups is 1. The molecule has 3 heteroatoms. The maximum Gasteiger partial charge on any atom is 0.222 e. The molecule has 0 saturated carbocycles. The molecule has 4 rings (SSSR count). The van der Waals surface area contributed by atoms with Crippen LogP contribution in [0.5, 0.6) is 0 Å². The molecule has 3 nitrogen and oxygen atoms in total. The topological polar surface area (TPSA) is 23.6 Å². The molecule has 1 amide bonds. The predicted octanol–water partition coefficient (Wildman–Crippen LogP) is 5.25. The Bertz CT molecular complexity index is 906. The average molecular weight is 413 g/mol. The van der Waals surface area contributed by atoms with Crippen LogP contribution in [0.1, 0.15) is 41.1 Å². The van der Waals surface area contributed by atoms with Crippen LogP contribution in [0, 0.1) is 6.92 Å². The summed E-state index contributed by atoms with van der Waals surface area (Å²) >= 11 is 0. The summed E-state index contributed by atoms with van der Waals surface area (Å²) in [5, 5.41) is 0. The van der Waals surface area contributed by atoms with Crippen molar-refractivity contribution in [3.05, 3.63) is 107 Å². The molecule has 160 valence electrons. The second kappa shape index (κ2) is 10.4. The van der Waals surface area contributed by atoms with Crippen molar-refractivity contribution < 1.29 is 4.79 Å². The zero-order valence-electron chi connectivity index (χ0n) is 18.4. The van der Waals surface area contributed by atoms with Crippen LogP contribution in [0.15, 0.2) is 84.9 Å². The first-order chi connectivity index (χ1) is 15.2. The highest BCUT2D eigenvalue weighted by molar-refractivity contribution is 5.76. The highest BCUT2D eigenvalue weighted by atomic mass is 16.2. The standard InChI is InChI=1S/C28H32N2O/c1-23-15-17-24(18-16-23)9-8-14-27(31)29-19-21-30(22-20-29)28(25-10-4-2-5-11-25)26-12-6-3-7-13-26/h2-7,10-13,15-18,28H,8-9,14,19-22H2,1H3. The number of carbonyl (C=O) groups excluding carboxylic acids is 1. The summed E-state index contributed by atoms with van der Waals surface area (Å²) in [6, 6.07) is 30.3.